The van der Waals surface area contributed by atoms with Gasteiger partial charge in [-0.1, -0.05) is 36.4 Å². The smallest absolute Gasteiger partial charge is 0.272 e. The summed E-state index contributed by atoms with van der Waals surface area (Å²) in [7, 11) is 1.77. The number of aromatic amines is 1. The van der Waals surface area contributed by atoms with Crippen LogP contribution in [0.25, 0.3) is 11.3 Å². The van der Waals surface area contributed by atoms with Crippen molar-refractivity contribution in [1.29, 1.82) is 0 Å². The van der Waals surface area contributed by atoms with Gasteiger partial charge in [-0.05, 0) is 25.1 Å². The maximum absolute atomic E-state index is 12.6. The second-order valence-corrected chi connectivity index (χ2v) is 5.38. The Morgan fingerprint density at radius 3 is 2.57 bits per heavy atom. The molecular formula is C18H18N4O. The molecular weight excluding hydrogens is 288 g/mol. The van der Waals surface area contributed by atoms with Crippen LogP contribution in [0, 0.1) is 0 Å². The van der Waals surface area contributed by atoms with Gasteiger partial charge in [0.25, 0.3) is 5.91 Å². The zero-order valence-corrected chi connectivity index (χ0v) is 13.1. The van der Waals surface area contributed by atoms with Crippen molar-refractivity contribution in [2.24, 2.45) is 0 Å². The minimum atomic E-state index is -0.118. The molecule has 0 saturated carbocycles. The van der Waals surface area contributed by atoms with E-state index in [0.29, 0.717) is 5.69 Å². The van der Waals surface area contributed by atoms with Crippen molar-refractivity contribution < 1.29 is 4.79 Å². The van der Waals surface area contributed by atoms with Gasteiger partial charge in [0.05, 0.1) is 17.4 Å². The summed E-state index contributed by atoms with van der Waals surface area (Å²) in [5.74, 6) is -0.113. The molecule has 1 atom stereocenters. The van der Waals surface area contributed by atoms with Crippen molar-refractivity contribution in [3.63, 3.8) is 0 Å². The lowest BCUT2D eigenvalue weighted by molar-refractivity contribution is 0.0734. The van der Waals surface area contributed by atoms with Gasteiger partial charge in [0.1, 0.15) is 5.69 Å². The maximum atomic E-state index is 12.6. The van der Waals surface area contributed by atoms with E-state index in [2.05, 4.69) is 15.2 Å². The van der Waals surface area contributed by atoms with Crippen LogP contribution in [0.5, 0.6) is 0 Å². The zero-order chi connectivity index (χ0) is 16.2. The van der Waals surface area contributed by atoms with Gasteiger partial charge < -0.3 is 4.90 Å². The fourth-order valence-electron chi connectivity index (χ4n) is 2.38. The third-order valence-electron chi connectivity index (χ3n) is 3.89. The second-order valence-electron chi connectivity index (χ2n) is 5.38. The number of nitrogens with zero attached hydrogens (tertiary/aromatic N) is 3. The third kappa shape index (κ3) is 3.13. The lowest BCUT2D eigenvalue weighted by atomic mass is 10.1. The number of carbonyl (C=O) groups excluding carboxylic acids is 1. The average molecular weight is 306 g/mol. The molecule has 5 heteroatoms. The summed E-state index contributed by atoms with van der Waals surface area (Å²) in [5, 5.41) is 7.06. The second kappa shape index (κ2) is 6.44. The van der Waals surface area contributed by atoms with Crippen LogP contribution in [0.4, 0.5) is 0 Å². The van der Waals surface area contributed by atoms with Crippen LogP contribution in [0.3, 0.4) is 0 Å². The van der Waals surface area contributed by atoms with Crippen molar-refractivity contribution in [3.8, 4) is 11.3 Å². The summed E-state index contributed by atoms with van der Waals surface area (Å²) in [4.78, 5) is 18.6. The lowest BCUT2D eigenvalue weighted by Gasteiger charge is -2.23. The van der Waals surface area contributed by atoms with Crippen molar-refractivity contribution >= 4 is 5.91 Å². The quantitative estimate of drug-likeness (QED) is 0.804. The molecule has 0 bridgehead atoms. The normalized spacial score (nSPS) is 11.9. The summed E-state index contributed by atoms with van der Waals surface area (Å²) in [6.07, 6.45) is 1.73. The molecule has 0 aliphatic heterocycles. The molecule has 2 heterocycles. The first kappa shape index (κ1) is 15.0. The zero-order valence-electron chi connectivity index (χ0n) is 13.1. The number of hydrogen-bond acceptors (Lipinski definition) is 3. The standard InChI is InChI=1S/C18H18N4O/c1-13(15-10-6-7-11-19-15)22(2)18(23)17-12-16(20-21-17)14-8-4-3-5-9-14/h3-13H,1-2H3,(H,20,21). The van der Waals surface area contributed by atoms with Crippen molar-refractivity contribution in [1.82, 2.24) is 20.1 Å². The van der Waals surface area contributed by atoms with E-state index in [1.54, 1.807) is 24.2 Å². The molecule has 0 fully saturated rings. The molecule has 3 rings (SSSR count). The Hall–Kier alpha value is -2.95. The van der Waals surface area contributed by atoms with Crippen molar-refractivity contribution in [2.45, 2.75) is 13.0 Å². The molecule has 0 aliphatic rings. The molecule has 0 saturated heterocycles. The number of nitrogens with one attached hydrogen (secondary N) is 1. The van der Waals surface area contributed by atoms with Crippen LogP contribution in [0.15, 0.2) is 60.8 Å². The van der Waals surface area contributed by atoms with Crippen molar-refractivity contribution in [2.75, 3.05) is 7.05 Å². The minimum Gasteiger partial charge on any atom is -0.332 e. The van der Waals surface area contributed by atoms with Gasteiger partial charge in [-0.3, -0.25) is 14.9 Å². The highest BCUT2D eigenvalue weighted by Gasteiger charge is 2.21. The molecule has 5 nitrogen and oxygen atoms in total. The Morgan fingerprint density at radius 2 is 1.87 bits per heavy atom. The Kier molecular flexibility index (Phi) is 4.19. The SMILES string of the molecule is CC(c1ccccn1)N(C)C(=O)c1cc(-c2ccccc2)n[nH]1. The van der Waals surface area contributed by atoms with Gasteiger partial charge in [-0.25, -0.2) is 0 Å². The van der Waals surface area contributed by atoms with Crippen LogP contribution >= 0.6 is 0 Å². The van der Waals surface area contributed by atoms with Crippen LogP contribution in [-0.2, 0) is 0 Å². The van der Waals surface area contributed by atoms with E-state index in [1.165, 1.54) is 0 Å². The number of hydrogen-bond donors (Lipinski definition) is 1. The van der Waals surface area contributed by atoms with E-state index in [9.17, 15) is 4.79 Å². The Labute approximate surface area is 135 Å². The molecule has 0 aliphatic carbocycles. The topological polar surface area (TPSA) is 61.9 Å². The lowest BCUT2D eigenvalue weighted by Crippen LogP contribution is -2.30. The summed E-state index contributed by atoms with van der Waals surface area (Å²) < 4.78 is 0. The predicted molar refractivity (Wildman–Crippen MR) is 88.8 cm³/mol. The predicted octanol–water partition coefficient (Wildman–Crippen LogP) is 3.30. The van der Waals surface area contributed by atoms with E-state index < -0.39 is 0 Å². The van der Waals surface area contributed by atoms with Gasteiger partial charge in [0.2, 0.25) is 0 Å². The molecule has 0 radical (unpaired) electrons. The largest absolute Gasteiger partial charge is 0.332 e. The third-order valence-corrected chi connectivity index (χ3v) is 3.89. The first-order valence-corrected chi connectivity index (χ1v) is 7.45. The molecule has 1 N–H and O–H groups in total. The number of aromatic nitrogens is 3. The number of benzene rings is 1. The number of pyridine rings is 1. The highest BCUT2D eigenvalue weighted by molar-refractivity contribution is 5.93. The molecule has 1 unspecified atom stereocenters. The van der Waals surface area contributed by atoms with Crippen LogP contribution < -0.4 is 0 Å². The molecule has 116 valence electrons. The van der Waals surface area contributed by atoms with Gasteiger partial charge in [0, 0.05) is 18.8 Å². The van der Waals surface area contributed by atoms with Gasteiger partial charge in [0.15, 0.2) is 0 Å². The minimum absolute atomic E-state index is 0.113. The van der Waals surface area contributed by atoms with E-state index >= 15 is 0 Å². The maximum Gasteiger partial charge on any atom is 0.272 e. The fraction of sp³-hybridized carbons (Fsp3) is 0.167. The first-order chi connectivity index (χ1) is 11.2. The van der Waals surface area contributed by atoms with E-state index in [-0.39, 0.29) is 11.9 Å². The molecule has 0 spiro atoms. The number of rotatable bonds is 4. The molecule has 1 amide bonds. The van der Waals surface area contributed by atoms with Crippen LogP contribution in [-0.4, -0.2) is 33.0 Å². The highest BCUT2D eigenvalue weighted by atomic mass is 16.2. The van der Waals surface area contributed by atoms with E-state index in [1.807, 2.05) is 55.5 Å². The molecule has 1 aromatic carbocycles. The van der Waals surface area contributed by atoms with Crippen LogP contribution in [0.1, 0.15) is 29.1 Å². The highest BCUT2D eigenvalue weighted by Crippen LogP contribution is 2.21. The Bertz CT molecular complexity index is 783. The van der Waals surface area contributed by atoms with Gasteiger partial charge in [-0.2, -0.15) is 5.10 Å². The van der Waals surface area contributed by atoms with Gasteiger partial charge in [-0.15, -0.1) is 0 Å². The Balaban J connectivity index is 1.79. The average Bonchev–Trinajstić information content (AvgIpc) is 3.11. The fourth-order valence-corrected chi connectivity index (χ4v) is 2.38. The molecule has 3 aromatic rings. The Morgan fingerprint density at radius 1 is 1.13 bits per heavy atom. The van der Waals surface area contributed by atoms with E-state index in [0.717, 1.165) is 17.0 Å². The summed E-state index contributed by atoms with van der Waals surface area (Å²) in [6, 6.07) is 17.1. The summed E-state index contributed by atoms with van der Waals surface area (Å²) in [5.41, 5.74) is 3.05. The first-order valence-electron chi connectivity index (χ1n) is 7.45. The monoisotopic (exact) mass is 306 g/mol. The summed E-state index contributed by atoms with van der Waals surface area (Å²) in [6.45, 7) is 1.95. The number of carbonyl (C=O) groups is 1. The number of amides is 1. The summed E-state index contributed by atoms with van der Waals surface area (Å²) >= 11 is 0. The molecule has 2 aromatic heterocycles. The van der Waals surface area contributed by atoms with Gasteiger partial charge >= 0.3 is 0 Å². The van der Waals surface area contributed by atoms with Crippen LogP contribution in [0.2, 0.25) is 0 Å². The molecule has 23 heavy (non-hydrogen) atoms. The van der Waals surface area contributed by atoms with Crippen molar-refractivity contribution in [3.05, 3.63) is 72.2 Å². The number of H-pyrrole nitrogens is 1. The van der Waals surface area contributed by atoms with E-state index in [4.69, 9.17) is 0 Å².